The van der Waals surface area contributed by atoms with Crippen LogP contribution in [0.2, 0.25) is 0 Å². The minimum absolute atomic E-state index is 0.127. The van der Waals surface area contributed by atoms with E-state index in [-0.39, 0.29) is 5.75 Å². The summed E-state index contributed by atoms with van der Waals surface area (Å²) in [7, 11) is -3.11. The van der Waals surface area contributed by atoms with Gasteiger partial charge in [-0.1, -0.05) is 6.92 Å². The molecule has 0 spiro atoms. The molecule has 1 aromatic carbocycles. The van der Waals surface area contributed by atoms with Crippen molar-refractivity contribution in [2.45, 2.75) is 18.2 Å². The van der Waals surface area contributed by atoms with Gasteiger partial charge in [-0.2, -0.15) is 0 Å². The smallest absolute Gasteiger partial charge is 0.178 e. The van der Waals surface area contributed by atoms with Gasteiger partial charge in [0, 0.05) is 24.6 Å². The van der Waals surface area contributed by atoms with Crippen LogP contribution in [0.15, 0.2) is 53.7 Å². The summed E-state index contributed by atoms with van der Waals surface area (Å²) in [6, 6.07) is 10.9. The van der Waals surface area contributed by atoms with Crippen LogP contribution in [-0.4, -0.2) is 25.7 Å². The topological polar surface area (TPSA) is 59.1 Å². The SMILES string of the molecule is CCS(=O)(=O)c1ccc(NCCc2ccncc2)cc1. The molecule has 0 atom stereocenters. The van der Waals surface area contributed by atoms with Crippen molar-refractivity contribution in [1.82, 2.24) is 4.98 Å². The van der Waals surface area contributed by atoms with Crippen LogP contribution in [-0.2, 0) is 16.3 Å². The second kappa shape index (κ2) is 6.52. The molecule has 1 N–H and O–H groups in total. The molecule has 0 aliphatic carbocycles. The molecule has 2 rings (SSSR count). The van der Waals surface area contributed by atoms with Crippen molar-refractivity contribution in [1.29, 1.82) is 0 Å². The number of aromatic nitrogens is 1. The lowest BCUT2D eigenvalue weighted by Crippen LogP contribution is -2.06. The third kappa shape index (κ3) is 3.81. The van der Waals surface area contributed by atoms with Crippen LogP contribution >= 0.6 is 0 Å². The third-order valence-corrected chi connectivity index (χ3v) is 4.84. The number of sulfone groups is 1. The van der Waals surface area contributed by atoms with Gasteiger partial charge in [-0.15, -0.1) is 0 Å². The lowest BCUT2D eigenvalue weighted by atomic mass is 10.2. The highest BCUT2D eigenvalue weighted by Crippen LogP contribution is 2.15. The lowest BCUT2D eigenvalue weighted by Gasteiger charge is -2.07. The van der Waals surface area contributed by atoms with Crippen LogP contribution < -0.4 is 5.32 Å². The first-order chi connectivity index (χ1) is 9.62. The molecule has 0 saturated carbocycles. The fraction of sp³-hybridized carbons (Fsp3) is 0.267. The molecule has 1 aromatic heterocycles. The minimum Gasteiger partial charge on any atom is -0.385 e. The Kier molecular flexibility index (Phi) is 4.74. The van der Waals surface area contributed by atoms with Crippen LogP contribution in [0.5, 0.6) is 0 Å². The van der Waals surface area contributed by atoms with E-state index in [2.05, 4.69) is 10.3 Å². The Labute approximate surface area is 119 Å². The van der Waals surface area contributed by atoms with E-state index in [1.165, 1.54) is 5.56 Å². The summed E-state index contributed by atoms with van der Waals surface area (Å²) in [5.74, 6) is 0.127. The van der Waals surface area contributed by atoms with E-state index in [0.29, 0.717) is 4.90 Å². The largest absolute Gasteiger partial charge is 0.385 e. The van der Waals surface area contributed by atoms with Crippen LogP contribution in [0.3, 0.4) is 0 Å². The number of benzene rings is 1. The van der Waals surface area contributed by atoms with E-state index in [1.807, 2.05) is 12.1 Å². The Hall–Kier alpha value is -1.88. The van der Waals surface area contributed by atoms with Crippen LogP contribution in [0.1, 0.15) is 12.5 Å². The Morgan fingerprint density at radius 3 is 2.30 bits per heavy atom. The Bertz CT molecular complexity index is 637. The van der Waals surface area contributed by atoms with Crippen molar-refractivity contribution in [2.24, 2.45) is 0 Å². The van der Waals surface area contributed by atoms with Gasteiger partial charge in [-0.05, 0) is 48.4 Å². The molecule has 106 valence electrons. The van der Waals surface area contributed by atoms with Gasteiger partial charge >= 0.3 is 0 Å². The maximum Gasteiger partial charge on any atom is 0.178 e. The van der Waals surface area contributed by atoms with Crippen LogP contribution in [0.4, 0.5) is 5.69 Å². The van der Waals surface area contributed by atoms with Crippen molar-refractivity contribution in [3.05, 3.63) is 54.4 Å². The Morgan fingerprint density at radius 1 is 1.05 bits per heavy atom. The number of rotatable bonds is 6. The van der Waals surface area contributed by atoms with Crippen LogP contribution in [0, 0.1) is 0 Å². The van der Waals surface area contributed by atoms with Gasteiger partial charge in [0.15, 0.2) is 9.84 Å². The van der Waals surface area contributed by atoms with Gasteiger partial charge < -0.3 is 5.32 Å². The molecule has 0 amide bonds. The summed E-state index contributed by atoms with van der Waals surface area (Å²) in [6.45, 7) is 2.44. The summed E-state index contributed by atoms with van der Waals surface area (Å²) in [5.41, 5.74) is 2.15. The summed E-state index contributed by atoms with van der Waals surface area (Å²) < 4.78 is 23.4. The molecule has 0 saturated heterocycles. The van der Waals surface area contributed by atoms with E-state index in [0.717, 1.165) is 18.7 Å². The van der Waals surface area contributed by atoms with Crippen molar-refractivity contribution in [3.8, 4) is 0 Å². The summed E-state index contributed by atoms with van der Waals surface area (Å²) in [4.78, 5) is 4.35. The van der Waals surface area contributed by atoms with Gasteiger partial charge in [-0.3, -0.25) is 4.98 Å². The summed E-state index contributed by atoms with van der Waals surface area (Å²) >= 11 is 0. The molecule has 0 aliphatic heterocycles. The van der Waals surface area contributed by atoms with Crippen molar-refractivity contribution < 1.29 is 8.42 Å². The first-order valence-electron chi connectivity index (χ1n) is 6.57. The van der Waals surface area contributed by atoms with Crippen LogP contribution in [0.25, 0.3) is 0 Å². The van der Waals surface area contributed by atoms with Gasteiger partial charge in [0.05, 0.1) is 10.6 Å². The minimum atomic E-state index is -3.11. The zero-order chi connectivity index (χ0) is 14.4. The molecule has 0 radical (unpaired) electrons. The van der Waals surface area contributed by atoms with E-state index >= 15 is 0 Å². The zero-order valence-corrected chi connectivity index (χ0v) is 12.2. The van der Waals surface area contributed by atoms with E-state index < -0.39 is 9.84 Å². The van der Waals surface area contributed by atoms with Gasteiger partial charge in [-0.25, -0.2) is 8.42 Å². The predicted molar refractivity (Wildman–Crippen MR) is 80.6 cm³/mol. The number of pyridine rings is 1. The van der Waals surface area contributed by atoms with Gasteiger partial charge in [0.2, 0.25) is 0 Å². The fourth-order valence-corrected chi connectivity index (χ4v) is 2.73. The first-order valence-corrected chi connectivity index (χ1v) is 8.22. The number of hydrogen-bond donors (Lipinski definition) is 1. The molecule has 2 aromatic rings. The fourth-order valence-electron chi connectivity index (χ4n) is 1.85. The molecule has 20 heavy (non-hydrogen) atoms. The standard InChI is InChI=1S/C15H18N2O2S/c1-2-20(18,19)15-5-3-14(4-6-15)17-12-9-13-7-10-16-11-8-13/h3-8,10-11,17H,2,9,12H2,1H3. The molecule has 0 aliphatic rings. The summed E-state index contributed by atoms with van der Waals surface area (Å²) in [5, 5.41) is 3.27. The average Bonchev–Trinajstić information content (AvgIpc) is 2.49. The van der Waals surface area contributed by atoms with E-state index in [9.17, 15) is 8.42 Å². The number of nitrogens with zero attached hydrogens (tertiary/aromatic N) is 1. The monoisotopic (exact) mass is 290 g/mol. The maximum atomic E-state index is 11.7. The first kappa shape index (κ1) is 14.5. The normalized spacial score (nSPS) is 11.2. The molecular formula is C15H18N2O2S. The van der Waals surface area contributed by atoms with Crippen molar-refractivity contribution in [2.75, 3.05) is 17.6 Å². The molecule has 0 unspecified atom stereocenters. The highest BCUT2D eigenvalue weighted by molar-refractivity contribution is 7.91. The Morgan fingerprint density at radius 2 is 1.70 bits per heavy atom. The zero-order valence-electron chi connectivity index (χ0n) is 11.4. The second-order valence-corrected chi connectivity index (χ2v) is 6.74. The Balaban J connectivity index is 1.92. The second-order valence-electron chi connectivity index (χ2n) is 4.46. The van der Waals surface area contributed by atoms with Gasteiger partial charge in [0.1, 0.15) is 0 Å². The van der Waals surface area contributed by atoms with Gasteiger partial charge in [0.25, 0.3) is 0 Å². The molecule has 0 bridgehead atoms. The maximum absolute atomic E-state index is 11.7. The quantitative estimate of drug-likeness (QED) is 0.888. The molecule has 5 heteroatoms. The highest BCUT2D eigenvalue weighted by atomic mass is 32.2. The van der Waals surface area contributed by atoms with E-state index in [1.54, 1.807) is 43.6 Å². The predicted octanol–water partition coefficient (Wildman–Crippen LogP) is 2.53. The molecule has 4 nitrogen and oxygen atoms in total. The number of anilines is 1. The average molecular weight is 290 g/mol. The van der Waals surface area contributed by atoms with Crippen molar-refractivity contribution >= 4 is 15.5 Å². The summed E-state index contributed by atoms with van der Waals surface area (Å²) in [6.07, 6.45) is 4.46. The molecule has 0 fully saturated rings. The van der Waals surface area contributed by atoms with E-state index in [4.69, 9.17) is 0 Å². The third-order valence-electron chi connectivity index (χ3n) is 3.09. The number of hydrogen-bond acceptors (Lipinski definition) is 4. The molecule has 1 heterocycles. The number of nitrogens with one attached hydrogen (secondary N) is 1. The van der Waals surface area contributed by atoms with Crippen molar-refractivity contribution in [3.63, 3.8) is 0 Å². The molecular weight excluding hydrogens is 272 g/mol. The highest BCUT2D eigenvalue weighted by Gasteiger charge is 2.10. The lowest BCUT2D eigenvalue weighted by molar-refractivity contribution is 0.597.